The number of amides is 1. The number of nitrogens with zero attached hydrogens (tertiary/aromatic N) is 2. The number of sulfone groups is 1. The molecule has 1 aliphatic rings. The van der Waals surface area contributed by atoms with E-state index in [2.05, 4.69) is 4.90 Å². The van der Waals surface area contributed by atoms with Gasteiger partial charge in [-0.3, -0.25) is 9.69 Å². The minimum absolute atomic E-state index is 0.0845. The normalized spacial score (nSPS) is 17.9. The number of piperazine rings is 1. The van der Waals surface area contributed by atoms with Gasteiger partial charge in [0.05, 0.1) is 11.7 Å². The molecule has 6 heteroatoms. The molecule has 0 radical (unpaired) electrons. The van der Waals surface area contributed by atoms with Crippen LogP contribution < -0.4 is 0 Å². The van der Waals surface area contributed by atoms with Crippen molar-refractivity contribution < 1.29 is 13.2 Å². The van der Waals surface area contributed by atoms with Gasteiger partial charge in [0.25, 0.3) is 0 Å². The first kappa shape index (κ1) is 17.9. The van der Waals surface area contributed by atoms with Crippen molar-refractivity contribution in [1.82, 2.24) is 9.80 Å². The largest absolute Gasteiger partial charge is 0.340 e. The van der Waals surface area contributed by atoms with Gasteiger partial charge in [-0.05, 0) is 12.0 Å². The van der Waals surface area contributed by atoms with Crippen LogP contribution in [-0.4, -0.2) is 68.9 Å². The van der Waals surface area contributed by atoms with Gasteiger partial charge < -0.3 is 4.90 Å². The Labute approximate surface area is 139 Å². The second-order valence-corrected chi connectivity index (χ2v) is 8.43. The highest BCUT2D eigenvalue weighted by atomic mass is 32.2. The van der Waals surface area contributed by atoms with Gasteiger partial charge in [0, 0.05) is 39.0 Å². The molecule has 0 bridgehead atoms. The van der Waals surface area contributed by atoms with E-state index < -0.39 is 9.84 Å². The van der Waals surface area contributed by atoms with Crippen LogP contribution in [0.3, 0.4) is 0 Å². The topological polar surface area (TPSA) is 57.7 Å². The number of carbonyl (C=O) groups excluding carboxylic acids is 1. The van der Waals surface area contributed by atoms with E-state index in [9.17, 15) is 13.2 Å². The molecular weight excluding hydrogens is 312 g/mol. The molecule has 1 heterocycles. The lowest BCUT2D eigenvalue weighted by Gasteiger charge is -2.36. The zero-order valence-corrected chi connectivity index (χ0v) is 14.8. The molecule has 0 aliphatic carbocycles. The Hall–Kier alpha value is -1.40. The Bertz CT molecular complexity index is 608. The Morgan fingerprint density at radius 3 is 2.26 bits per heavy atom. The smallest absolute Gasteiger partial charge is 0.230 e. The van der Waals surface area contributed by atoms with Gasteiger partial charge in [-0.2, -0.15) is 0 Å². The standard InChI is InChI=1S/C17H26N2O3S/c1-3-16(15-7-5-4-6-8-15)17(20)19-11-9-18(10-12-19)13-14-23(2,21)22/h4-8,16H,3,9-14H2,1-2H3. The summed E-state index contributed by atoms with van der Waals surface area (Å²) < 4.78 is 22.5. The highest BCUT2D eigenvalue weighted by Crippen LogP contribution is 2.22. The van der Waals surface area contributed by atoms with Gasteiger partial charge in [-0.1, -0.05) is 37.3 Å². The fraction of sp³-hybridized carbons (Fsp3) is 0.588. The van der Waals surface area contributed by atoms with Gasteiger partial charge in [0.2, 0.25) is 5.91 Å². The summed E-state index contributed by atoms with van der Waals surface area (Å²) in [5, 5.41) is 0. The van der Waals surface area contributed by atoms with Crippen molar-refractivity contribution in [3.63, 3.8) is 0 Å². The molecule has 0 aromatic heterocycles. The van der Waals surface area contributed by atoms with Crippen LogP contribution in [0.5, 0.6) is 0 Å². The monoisotopic (exact) mass is 338 g/mol. The number of carbonyl (C=O) groups is 1. The third kappa shape index (κ3) is 5.32. The Morgan fingerprint density at radius 2 is 1.74 bits per heavy atom. The summed E-state index contributed by atoms with van der Waals surface area (Å²) in [6.45, 7) is 5.42. The molecule has 0 saturated carbocycles. The maximum absolute atomic E-state index is 12.8. The van der Waals surface area contributed by atoms with E-state index in [1.807, 2.05) is 42.2 Å². The van der Waals surface area contributed by atoms with E-state index >= 15 is 0 Å². The number of rotatable bonds is 6. The third-order valence-corrected chi connectivity index (χ3v) is 5.29. The fourth-order valence-corrected chi connectivity index (χ4v) is 3.54. The number of hydrogen-bond acceptors (Lipinski definition) is 4. The van der Waals surface area contributed by atoms with Crippen LogP contribution in [0.25, 0.3) is 0 Å². The van der Waals surface area contributed by atoms with Gasteiger partial charge in [0.1, 0.15) is 9.84 Å². The predicted molar refractivity (Wildman–Crippen MR) is 92.2 cm³/mol. The Balaban J connectivity index is 1.90. The van der Waals surface area contributed by atoms with Crippen molar-refractivity contribution in [2.45, 2.75) is 19.3 Å². The first-order valence-electron chi connectivity index (χ1n) is 8.14. The second kappa shape index (κ2) is 7.93. The van der Waals surface area contributed by atoms with Crippen LogP contribution in [-0.2, 0) is 14.6 Å². The van der Waals surface area contributed by atoms with Crippen molar-refractivity contribution in [2.24, 2.45) is 0 Å². The summed E-state index contributed by atoms with van der Waals surface area (Å²) in [7, 11) is -2.93. The van der Waals surface area contributed by atoms with Crippen molar-refractivity contribution in [3.05, 3.63) is 35.9 Å². The molecule has 1 aromatic rings. The molecule has 1 aliphatic heterocycles. The molecule has 1 saturated heterocycles. The molecule has 0 spiro atoms. The summed E-state index contributed by atoms with van der Waals surface area (Å²) in [6, 6.07) is 9.91. The average Bonchev–Trinajstić information content (AvgIpc) is 2.54. The molecule has 5 nitrogen and oxygen atoms in total. The number of benzene rings is 1. The quantitative estimate of drug-likeness (QED) is 0.786. The van der Waals surface area contributed by atoms with Gasteiger partial charge in [0.15, 0.2) is 0 Å². The lowest BCUT2D eigenvalue weighted by molar-refractivity contribution is -0.134. The van der Waals surface area contributed by atoms with Crippen LogP contribution in [0.15, 0.2) is 30.3 Å². The van der Waals surface area contributed by atoms with Gasteiger partial charge in [-0.25, -0.2) is 8.42 Å². The van der Waals surface area contributed by atoms with Gasteiger partial charge >= 0.3 is 0 Å². The maximum atomic E-state index is 12.8. The third-order valence-electron chi connectivity index (χ3n) is 4.37. The lowest BCUT2D eigenvalue weighted by atomic mass is 9.95. The molecule has 1 fully saturated rings. The fourth-order valence-electron chi connectivity index (χ4n) is 2.95. The first-order chi connectivity index (χ1) is 10.9. The molecule has 1 amide bonds. The molecule has 0 N–H and O–H groups in total. The molecule has 1 atom stereocenters. The zero-order chi connectivity index (χ0) is 16.9. The number of hydrogen-bond donors (Lipinski definition) is 0. The highest BCUT2D eigenvalue weighted by molar-refractivity contribution is 7.90. The summed E-state index contributed by atoms with van der Waals surface area (Å²) in [5.74, 6) is 0.281. The van der Waals surface area contributed by atoms with E-state index in [1.54, 1.807) is 0 Å². The van der Waals surface area contributed by atoms with Crippen LogP contribution in [0, 0.1) is 0 Å². The zero-order valence-electron chi connectivity index (χ0n) is 13.9. The molecule has 1 aromatic carbocycles. The summed E-state index contributed by atoms with van der Waals surface area (Å²) in [6.07, 6.45) is 2.05. The molecule has 23 heavy (non-hydrogen) atoms. The molecule has 128 valence electrons. The van der Waals surface area contributed by atoms with Crippen molar-refractivity contribution in [2.75, 3.05) is 44.7 Å². The van der Waals surface area contributed by atoms with Crippen LogP contribution in [0.4, 0.5) is 0 Å². The van der Waals surface area contributed by atoms with E-state index in [1.165, 1.54) is 6.26 Å². The van der Waals surface area contributed by atoms with Crippen molar-refractivity contribution in [1.29, 1.82) is 0 Å². The molecular formula is C17H26N2O3S. The SMILES string of the molecule is CCC(C(=O)N1CCN(CCS(C)(=O)=O)CC1)c1ccccc1. The summed E-state index contributed by atoms with van der Waals surface area (Å²) in [4.78, 5) is 16.8. The Kier molecular flexibility index (Phi) is 6.18. The van der Waals surface area contributed by atoms with Crippen molar-refractivity contribution >= 4 is 15.7 Å². The van der Waals surface area contributed by atoms with Crippen molar-refractivity contribution in [3.8, 4) is 0 Å². The molecule has 2 rings (SSSR count). The first-order valence-corrected chi connectivity index (χ1v) is 10.2. The predicted octanol–water partition coefficient (Wildman–Crippen LogP) is 1.37. The Morgan fingerprint density at radius 1 is 1.13 bits per heavy atom. The minimum Gasteiger partial charge on any atom is -0.340 e. The highest BCUT2D eigenvalue weighted by Gasteiger charge is 2.27. The maximum Gasteiger partial charge on any atom is 0.230 e. The van der Waals surface area contributed by atoms with E-state index in [-0.39, 0.29) is 17.6 Å². The van der Waals surface area contributed by atoms with Crippen LogP contribution >= 0.6 is 0 Å². The van der Waals surface area contributed by atoms with E-state index in [0.717, 1.165) is 25.1 Å². The van der Waals surface area contributed by atoms with Crippen LogP contribution in [0.2, 0.25) is 0 Å². The summed E-state index contributed by atoms with van der Waals surface area (Å²) >= 11 is 0. The minimum atomic E-state index is -2.93. The van der Waals surface area contributed by atoms with E-state index in [0.29, 0.717) is 19.6 Å². The van der Waals surface area contributed by atoms with E-state index in [4.69, 9.17) is 0 Å². The second-order valence-electron chi connectivity index (χ2n) is 6.17. The average molecular weight is 338 g/mol. The lowest BCUT2D eigenvalue weighted by Crippen LogP contribution is -2.50. The van der Waals surface area contributed by atoms with Gasteiger partial charge in [-0.15, -0.1) is 0 Å². The van der Waals surface area contributed by atoms with Crippen LogP contribution in [0.1, 0.15) is 24.8 Å². The molecule has 1 unspecified atom stereocenters. The summed E-state index contributed by atoms with van der Waals surface area (Å²) in [5.41, 5.74) is 1.07.